The van der Waals surface area contributed by atoms with Crippen LogP contribution in [-0.2, 0) is 6.54 Å². The molecule has 1 aliphatic heterocycles. The maximum Gasteiger partial charge on any atom is 0.274 e. The molecule has 0 spiro atoms. The highest BCUT2D eigenvalue weighted by molar-refractivity contribution is 5.92. The molecule has 6 heteroatoms. The molecule has 0 N–H and O–H groups in total. The standard InChI is InChI=1S/C18H22N4O2/c1-2-10-22-17(23)9-8-16(19-22)18(24)21-13-11-20(12-14-21)15-6-4-3-5-7-15/h3-9H,2,10-14H2,1H3. The summed E-state index contributed by atoms with van der Waals surface area (Å²) in [4.78, 5) is 28.5. The lowest BCUT2D eigenvalue weighted by Gasteiger charge is -2.36. The molecular weight excluding hydrogens is 304 g/mol. The van der Waals surface area contributed by atoms with Crippen molar-refractivity contribution in [3.63, 3.8) is 0 Å². The SMILES string of the molecule is CCCn1nc(C(=O)N2CCN(c3ccccc3)CC2)ccc1=O. The minimum atomic E-state index is -0.165. The van der Waals surface area contributed by atoms with E-state index in [1.54, 1.807) is 0 Å². The van der Waals surface area contributed by atoms with E-state index in [-0.39, 0.29) is 11.5 Å². The van der Waals surface area contributed by atoms with Crippen molar-refractivity contribution >= 4 is 11.6 Å². The van der Waals surface area contributed by atoms with E-state index in [1.165, 1.54) is 22.5 Å². The molecule has 0 atom stereocenters. The Morgan fingerprint density at radius 2 is 1.75 bits per heavy atom. The van der Waals surface area contributed by atoms with Crippen LogP contribution in [0.2, 0.25) is 0 Å². The number of para-hydroxylation sites is 1. The third-order valence-corrected chi connectivity index (χ3v) is 4.21. The van der Waals surface area contributed by atoms with Crippen molar-refractivity contribution in [2.24, 2.45) is 0 Å². The Balaban J connectivity index is 1.67. The van der Waals surface area contributed by atoms with Gasteiger partial charge in [0.25, 0.3) is 11.5 Å². The minimum absolute atomic E-state index is 0.104. The molecule has 0 unspecified atom stereocenters. The second kappa shape index (κ2) is 7.29. The molecule has 126 valence electrons. The minimum Gasteiger partial charge on any atom is -0.368 e. The number of rotatable bonds is 4. The second-order valence-corrected chi connectivity index (χ2v) is 5.89. The smallest absolute Gasteiger partial charge is 0.274 e. The molecule has 0 aliphatic carbocycles. The van der Waals surface area contributed by atoms with E-state index in [0.717, 1.165) is 19.5 Å². The third-order valence-electron chi connectivity index (χ3n) is 4.21. The van der Waals surface area contributed by atoms with Crippen LogP contribution < -0.4 is 10.5 Å². The summed E-state index contributed by atoms with van der Waals surface area (Å²) in [6.45, 7) is 5.41. The Kier molecular flexibility index (Phi) is 4.93. The van der Waals surface area contributed by atoms with Crippen molar-refractivity contribution in [2.75, 3.05) is 31.1 Å². The van der Waals surface area contributed by atoms with Gasteiger partial charge in [-0.15, -0.1) is 0 Å². The number of hydrogen-bond acceptors (Lipinski definition) is 4. The van der Waals surface area contributed by atoms with E-state index < -0.39 is 0 Å². The summed E-state index contributed by atoms with van der Waals surface area (Å²) in [5.41, 5.74) is 1.36. The van der Waals surface area contributed by atoms with E-state index >= 15 is 0 Å². The van der Waals surface area contributed by atoms with Crippen molar-refractivity contribution in [3.05, 3.63) is 58.5 Å². The first kappa shape index (κ1) is 16.2. The number of amides is 1. The predicted molar refractivity (Wildman–Crippen MR) is 93.3 cm³/mol. The summed E-state index contributed by atoms with van der Waals surface area (Å²) in [5.74, 6) is -0.104. The van der Waals surface area contributed by atoms with Gasteiger partial charge in [-0.05, 0) is 24.6 Å². The highest BCUT2D eigenvalue weighted by atomic mass is 16.2. The normalized spacial score (nSPS) is 14.7. The summed E-state index contributed by atoms with van der Waals surface area (Å²) >= 11 is 0. The van der Waals surface area contributed by atoms with Crippen LogP contribution in [0.3, 0.4) is 0 Å². The summed E-state index contributed by atoms with van der Waals surface area (Å²) in [6.07, 6.45) is 0.806. The monoisotopic (exact) mass is 326 g/mol. The Hall–Kier alpha value is -2.63. The number of aryl methyl sites for hydroxylation is 1. The largest absolute Gasteiger partial charge is 0.368 e. The molecule has 2 heterocycles. The number of hydrogen-bond donors (Lipinski definition) is 0. The summed E-state index contributed by atoms with van der Waals surface area (Å²) in [7, 11) is 0. The molecule has 0 bridgehead atoms. The van der Waals surface area contributed by atoms with Gasteiger partial charge in [-0.25, -0.2) is 4.68 Å². The Morgan fingerprint density at radius 3 is 2.42 bits per heavy atom. The van der Waals surface area contributed by atoms with E-state index in [9.17, 15) is 9.59 Å². The lowest BCUT2D eigenvalue weighted by molar-refractivity contribution is 0.0738. The summed E-state index contributed by atoms with van der Waals surface area (Å²) in [5, 5.41) is 4.21. The Bertz CT molecular complexity index is 749. The van der Waals surface area contributed by atoms with Crippen LogP contribution in [0.4, 0.5) is 5.69 Å². The molecule has 2 aromatic rings. The molecule has 1 aromatic heterocycles. The highest BCUT2D eigenvalue weighted by Gasteiger charge is 2.23. The number of benzene rings is 1. The number of anilines is 1. The zero-order valence-electron chi connectivity index (χ0n) is 13.9. The molecule has 24 heavy (non-hydrogen) atoms. The van der Waals surface area contributed by atoms with Crippen LogP contribution >= 0.6 is 0 Å². The molecule has 1 fully saturated rings. The van der Waals surface area contributed by atoms with E-state index in [4.69, 9.17) is 0 Å². The van der Waals surface area contributed by atoms with Crippen LogP contribution in [0, 0.1) is 0 Å². The summed E-state index contributed by atoms with van der Waals surface area (Å²) in [6, 6.07) is 13.2. The fraction of sp³-hybridized carbons (Fsp3) is 0.389. The zero-order chi connectivity index (χ0) is 16.9. The van der Waals surface area contributed by atoms with Gasteiger partial charge in [-0.1, -0.05) is 25.1 Å². The maximum absolute atomic E-state index is 12.6. The van der Waals surface area contributed by atoms with Gasteiger partial charge in [0.1, 0.15) is 5.69 Å². The average molecular weight is 326 g/mol. The van der Waals surface area contributed by atoms with Gasteiger partial charge >= 0.3 is 0 Å². The molecule has 3 rings (SSSR count). The molecule has 1 aliphatic rings. The molecule has 0 radical (unpaired) electrons. The first-order chi connectivity index (χ1) is 11.7. The van der Waals surface area contributed by atoms with E-state index in [1.807, 2.05) is 30.0 Å². The number of piperazine rings is 1. The van der Waals surface area contributed by atoms with Crippen LogP contribution in [0.25, 0.3) is 0 Å². The topological polar surface area (TPSA) is 58.4 Å². The number of carbonyl (C=O) groups excluding carboxylic acids is 1. The maximum atomic E-state index is 12.6. The number of carbonyl (C=O) groups is 1. The predicted octanol–water partition coefficient (Wildman–Crippen LogP) is 1.62. The lowest BCUT2D eigenvalue weighted by Crippen LogP contribution is -2.49. The molecule has 1 amide bonds. The van der Waals surface area contributed by atoms with Gasteiger partial charge in [-0.2, -0.15) is 5.10 Å². The Labute approximate surface area is 141 Å². The van der Waals surface area contributed by atoms with Crippen molar-refractivity contribution < 1.29 is 4.79 Å². The zero-order valence-corrected chi connectivity index (χ0v) is 13.9. The van der Waals surface area contributed by atoms with Crippen LogP contribution in [-0.4, -0.2) is 46.8 Å². The first-order valence-corrected chi connectivity index (χ1v) is 8.36. The third kappa shape index (κ3) is 3.48. The van der Waals surface area contributed by atoms with Gasteiger partial charge in [0.05, 0.1) is 0 Å². The Morgan fingerprint density at radius 1 is 1.04 bits per heavy atom. The lowest BCUT2D eigenvalue weighted by atomic mass is 10.2. The van der Waals surface area contributed by atoms with Gasteiger partial charge in [0.15, 0.2) is 0 Å². The molecule has 6 nitrogen and oxygen atoms in total. The van der Waals surface area contributed by atoms with E-state index in [2.05, 4.69) is 22.1 Å². The molecule has 1 aromatic carbocycles. The molecular formula is C18H22N4O2. The average Bonchev–Trinajstić information content (AvgIpc) is 2.64. The van der Waals surface area contributed by atoms with Crippen LogP contribution in [0.5, 0.6) is 0 Å². The van der Waals surface area contributed by atoms with Crippen molar-refractivity contribution in [1.82, 2.24) is 14.7 Å². The van der Waals surface area contributed by atoms with Crippen LogP contribution in [0.15, 0.2) is 47.3 Å². The first-order valence-electron chi connectivity index (χ1n) is 8.36. The van der Waals surface area contributed by atoms with Crippen molar-refractivity contribution in [2.45, 2.75) is 19.9 Å². The number of aromatic nitrogens is 2. The van der Waals surface area contributed by atoms with Crippen molar-refractivity contribution in [1.29, 1.82) is 0 Å². The van der Waals surface area contributed by atoms with Crippen LogP contribution in [0.1, 0.15) is 23.8 Å². The van der Waals surface area contributed by atoms with E-state index in [0.29, 0.717) is 25.3 Å². The van der Waals surface area contributed by atoms with Gasteiger partial charge < -0.3 is 9.80 Å². The fourth-order valence-corrected chi connectivity index (χ4v) is 2.90. The van der Waals surface area contributed by atoms with Crippen molar-refractivity contribution in [3.8, 4) is 0 Å². The van der Waals surface area contributed by atoms with Gasteiger partial charge in [0, 0.05) is 44.5 Å². The van der Waals surface area contributed by atoms with Gasteiger partial charge in [0.2, 0.25) is 0 Å². The summed E-state index contributed by atoms with van der Waals surface area (Å²) < 4.78 is 1.37. The number of nitrogens with zero attached hydrogens (tertiary/aromatic N) is 4. The molecule has 1 saturated heterocycles. The second-order valence-electron chi connectivity index (χ2n) is 5.89. The fourth-order valence-electron chi connectivity index (χ4n) is 2.90. The highest BCUT2D eigenvalue weighted by Crippen LogP contribution is 2.16. The molecule has 0 saturated carbocycles. The quantitative estimate of drug-likeness (QED) is 0.857. The van der Waals surface area contributed by atoms with Gasteiger partial charge in [-0.3, -0.25) is 9.59 Å².